The Kier molecular flexibility index (Phi) is 4.82. The molecule has 5 heteroatoms. The highest BCUT2D eigenvalue weighted by Gasteiger charge is 2.07. The van der Waals surface area contributed by atoms with E-state index in [4.69, 9.17) is 5.73 Å². The average molecular weight is 338 g/mol. The lowest BCUT2D eigenvalue weighted by atomic mass is 10.1. The maximum absolute atomic E-state index is 5.83. The minimum Gasteiger partial charge on any atom is -0.384 e. The van der Waals surface area contributed by atoms with Crippen molar-refractivity contribution < 1.29 is 0 Å². The van der Waals surface area contributed by atoms with E-state index in [1.54, 1.807) is 11.8 Å². The molecule has 3 nitrogen and oxygen atoms in total. The summed E-state index contributed by atoms with van der Waals surface area (Å²) in [5, 5.41) is 0. The molecule has 0 unspecified atom stereocenters. The molecular weight excluding hydrogens is 322 g/mol. The van der Waals surface area contributed by atoms with E-state index in [9.17, 15) is 0 Å². The second-order valence-corrected chi connectivity index (χ2v) is 6.38. The third-order valence-electron chi connectivity index (χ3n) is 2.60. The minimum atomic E-state index is 0.359. The fourth-order valence-electron chi connectivity index (χ4n) is 1.60. The van der Waals surface area contributed by atoms with Crippen LogP contribution in [0.5, 0.6) is 0 Å². The van der Waals surface area contributed by atoms with Crippen molar-refractivity contribution in [3.63, 3.8) is 0 Å². The molecule has 100 valence electrons. The fraction of sp³-hybridized carbons (Fsp3) is 0.286. The van der Waals surface area contributed by atoms with Gasteiger partial charge in [0.15, 0.2) is 0 Å². The molecular formula is C14H16BrN3S. The van der Waals surface area contributed by atoms with Gasteiger partial charge in [-0.25, -0.2) is 9.97 Å². The van der Waals surface area contributed by atoms with Gasteiger partial charge in [-0.2, -0.15) is 0 Å². The highest BCUT2D eigenvalue weighted by molar-refractivity contribution is 9.10. The van der Waals surface area contributed by atoms with E-state index in [1.807, 2.05) is 24.3 Å². The molecule has 0 spiro atoms. The van der Waals surface area contributed by atoms with Crippen molar-refractivity contribution in [2.45, 2.75) is 30.4 Å². The van der Waals surface area contributed by atoms with Crippen LogP contribution in [0.3, 0.4) is 0 Å². The van der Waals surface area contributed by atoms with Crippen LogP contribution in [0.1, 0.15) is 31.3 Å². The van der Waals surface area contributed by atoms with Crippen molar-refractivity contribution in [1.82, 2.24) is 9.97 Å². The van der Waals surface area contributed by atoms with Crippen LogP contribution in [0.15, 0.2) is 39.7 Å². The number of hydrogen-bond acceptors (Lipinski definition) is 4. The van der Waals surface area contributed by atoms with Gasteiger partial charge in [-0.05, 0) is 34.0 Å². The number of halogens is 1. The third-order valence-corrected chi connectivity index (χ3v) is 4.62. The number of benzene rings is 1. The molecule has 2 rings (SSSR count). The van der Waals surface area contributed by atoms with Crippen molar-refractivity contribution in [2.75, 3.05) is 5.73 Å². The van der Waals surface area contributed by atoms with Crippen LogP contribution in [-0.4, -0.2) is 9.97 Å². The molecule has 1 aromatic carbocycles. The van der Waals surface area contributed by atoms with Gasteiger partial charge < -0.3 is 5.73 Å². The average Bonchev–Trinajstić information content (AvgIpc) is 2.37. The van der Waals surface area contributed by atoms with Gasteiger partial charge >= 0.3 is 0 Å². The summed E-state index contributed by atoms with van der Waals surface area (Å²) in [6, 6.07) is 9.97. The van der Waals surface area contributed by atoms with E-state index in [2.05, 4.69) is 45.8 Å². The Hall–Kier alpha value is -1.07. The number of hydrogen-bond donors (Lipinski definition) is 1. The Bertz CT molecular complexity index is 572. The summed E-state index contributed by atoms with van der Waals surface area (Å²) in [4.78, 5) is 10.0. The van der Waals surface area contributed by atoms with Gasteiger partial charge in [0.1, 0.15) is 11.6 Å². The molecule has 19 heavy (non-hydrogen) atoms. The standard InChI is InChI=1S/C14H16BrN3S/c1-9(2)11-7-13(16)18-14(17-11)8-19-12-6-4-3-5-10(12)15/h3-7,9H,8H2,1-2H3,(H2,16,17,18). The number of rotatable bonds is 4. The number of nitrogens with two attached hydrogens (primary N) is 1. The van der Waals surface area contributed by atoms with Gasteiger partial charge in [-0.15, -0.1) is 11.8 Å². The first kappa shape index (κ1) is 14.3. The van der Waals surface area contributed by atoms with Gasteiger partial charge in [0.05, 0.1) is 5.75 Å². The lowest BCUT2D eigenvalue weighted by molar-refractivity contribution is 0.801. The number of thioether (sulfide) groups is 1. The van der Waals surface area contributed by atoms with E-state index in [1.165, 1.54) is 4.90 Å². The van der Waals surface area contributed by atoms with Crippen LogP contribution >= 0.6 is 27.7 Å². The highest BCUT2D eigenvalue weighted by atomic mass is 79.9. The maximum Gasteiger partial charge on any atom is 0.141 e. The zero-order chi connectivity index (χ0) is 13.8. The summed E-state index contributed by atoms with van der Waals surface area (Å²) >= 11 is 5.24. The van der Waals surface area contributed by atoms with Gasteiger partial charge in [0, 0.05) is 21.1 Å². The monoisotopic (exact) mass is 337 g/mol. The predicted molar refractivity (Wildman–Crippen MR) is 84.2 cm³/mol. The molecule has 0 radical (unpaired) electrons. The first-order valence-corrected chi connectivity index (χ1v) is 7.85. The van der Waals surface area contributed by atoms with Gasteiger partial charge in [-0.1, -0.05) is 26.0 Å². The molecule has 0 amide bonds. The summed E-state index contributed by atoms with van der Waals surface area (Å²) in [6.07, 6.45) is 0. The third kappa shape index (κ3) is 3.94. The Morgan fingerprint density at radius 2 is 2.00 bits per heavy atom. The van der Waals surface area contributed by atoms with E-state index < -0.39 is 0 Å². The van der Waals surface area contributed by atoms with Crippen LogP contribution in [0.4, 0.5) is 5.82 Å². The number of aromatic nitrogens is 2. The first-order valence-electron chi connectivity index (χ1n) is 6.07. The van der Waals surface area contributed by atoms with Crippen molar-refractivity contribution in [3.8, 4) is 0 Å². The molecule has 1 aromatic heterocycles. The summed E-state index contributed by atoms with van der Waals surface area (Å²) in [5.41, 5.74) is 6.82. The Balaban J connectivity index is 2.14. The predicted octanol–water partition coefficient (Wildman–Crippen LogP) is 4.24. The molecule has 0 aliphatic carbocycles. The minimum absolute atomic E-state index is 0.359. The summed E-state index contributed by atoms with van der Waals surface area (Å²) in [7, 11) is 0. The first-order chi connectivity index (χ1) is 9.06. The Morgan fingerprint density at radius 3 is 2.68 bits per heavy atom. The topological polar surface area (TPSA) is 51.8 Å². The molecule has 0 aliphatic heterocycles. The zero-order valence-electron chi connectivity index (χ0n) is 10.9. The van der Waals surface area contributed by atoms with Crippen LogP contribution in [0, 0.1) is 0 Å². The second-order valence-electron chi connectivity index (χ2n) is 4.51. The summed E-state index contributed by atoms with van der Waals surface area (Å²) in [6.45, 7) is 4.21. The molecule has 0 aliphatic rings. The second kappa shape index (κ2) is 6.39. The lowest BCUT2D eigenvalue weighted by Gasteiger charge is -2.08. The van der Waals surface area contributed by atoms with Crippen LogP contribution in [0.25, 0.3) is 0 Å². The fourth-order valence-corrected chi connectivity index (χ4v) is 3.03. The van der Waals surface area contributed by atoms with Gasteiger partial charge in [0.25, 0.3) is 0 Å². The number of nitrogens with zero attached hydrogens (tertiary/aromatic N) is 2. The van der Waals surface area contributed by atoms with Crippen molar-refractivity contribution >= 4 is 33.5 Å². The van der Waals surface area contributed by atoms with E-state index in [0.29, 0.717) is 17.5 Å². The quantitative estimate of drug-likeness (QED) is 0.848. The number of nitrogen functional groups attached to an aromatic ring is 1. The molecule has 2 aromatic rings. The normalized spacial score (nSPS) is 10.9. The van der Waals surface area contributed by atoms with Gasteiger partial charge in [-0.3, -0.25) is 0 Å². The van der Waals surface area contributed by atoms with Crippen molar-refractivity contribution in [2.24, 2.45) is 0 Å². The molecule has 2 N–H and O–H groups in total. The van der Waals surface area contributed by atoms with E-state index in [0.717, 1.165) is 16.0 Å². The lowest BCUT2D eigenvalue weighted by Crippen LogP contribution is -2.03. The van der Waals surface area contributed by atoms with Crippen LogP contribution < -0.4 is 5.73 Å². The number of anilines is 1. The molecule has 0 saturated heterocycles. The largest absolute Gasteiger partial charge is 0.384 e. The molecule has 0 bridgehead atoms. The summed E-state index contributed by atoms with van der Waals surface area (Å²) in [5.74, 6) is 2.40. The van der Waals surface area contributed by atoms with E-state index in [-0.39, 0.29) is 0 Å². The summed E-state index contributed by atoms with van der Waals surface area (Å²) < 4.78 is 1.09. The molecule has 0 saturated carbocycles. The smallest absolute Gasteiger partial charge is 0.141 e. The Labute approximate surface area is 126 Å². The van der Waals surface area contributed by atoms with E-state index >= 15 is 0 Å². The zero-order valence-corrected chi connectivity index (χ0v) is 13.3. The molecule has 1 heterocycles. The van der Waals surface area contributed by atoms with Crippen LogP contribution in [0.2, 0.25) is 0 Å². The highest BCUT2D eigenvalue weighted by Crippen LogP contribution is 2.29. The Morgan fingerprint density at radius 1 is 1.26 bits per heavy atom. The van der Waals surface area contributed by atoms with Gasteiger partial charge in [0.2, 0.25) is 0 Å². The maximum atomic E-state index is 5.83. The van der Waals surface area contributed by atoms with Crippen LogP contribution in [-0.2, 0) is 5.75 Å². The van der Waals surface area contributed by atoms with Crippen molar-refractivity contribution in [1.29, 1.82) is 0 Å². The van der Waals surface area contributed by atoms with Crippen molar-refractivity contribution in [3.05, 3.63) is 46.3 Å². The molecule has 0 fully saturated rings. The SMILES string of the molecule is CC(C)c1cc(N)nc(CSc2ccccc2Br)n1. The molecule has 0 atom stereocenters.